The minimum atomic E-state index is -0.357. The van der Waals surface area contributed by atoms with Crippen molar-refractivity contribution < 1.29 is 9.63 Å². The van der Waals surface area contributed by atoms with E-state index in [1.807, 2.05) is 30.3 Å². The summed E-state index contributed by atoms with van der Waals surface area (Å²) in [6.07, 6.45) is 3.93. The van der Waals surface area contributed by atoms with E-state index in [0.29, 0.717) is 23.0 Å². The van der Waals surface area contributed by atoms with Gasteiger partial charge in [-0.05, 0) is 36.6 Å². The van der Waals surface area contributed by atoms with Gasteiger partial charge in [-0.2, -0.15) is 0 Å². The van der Waals surface area contributed by atoms with Crippen LogP contribution >= 0.6 is 0 Å². The third kappa shape index (κ3) is 3.75. The Labute approximate surface area is 156 Å². The fourth-order valence-corrected chi connectivity index (χ4v) is 3.38. The van der Waals surface area contributed by atoms with Crippen LogP contribution in [0.2, 0.25) is 0 Å². The highest BCUT2D eigenvalue weighted by atomic mass is 16.6. The summed E-state index contributed by atoms with van der Waals surface area (Å²) in [5.41, 5.74) is 4.37. The zero-order valence-corrected chi connectivity index (χ0v) is 15.0. The SMILES string of the molecule is O=C(NOCc1ccccc1)c1ccc2c(=O)n3c(nc2c1)CCCCC3. The van der Waals surface area contributed by atoms with Gasteiger partial charge in [-0.15, -0.1) is 0 Å². The van der Waals surface area contributed by atoms with Gasteiger partial charge >= 0.3 is 0 Å². The van der Waals surface area contributed by atoms with Crippen molar-refractivity contribution >= 4 is 16.8 Å². The summed E-state index contributed by atoms with van der Waals surface area (Å²) in [5.74, 6) is 0.451. The molecular weight excluding hydrogens is 342 g/mol. The molecule has 0 unspecified atom stereocenters. The predicted octanol–water partition coefficient (Wildman–Crippen LogP) is 2.98. The molecule has 0 spiro atoms. The second-order valence-electron chi connectivity index (χ2n) is 6.73. The van der Waals surface area contributed by atoms with E-state index in [1.165, 1.54) is 0 Å². The molecule has 0 aliphatic carbocycles. The average Bonchev–Trinajstić information content (AvgIpc) is 2.94. The lowest BCUT2D eigenvalue weighted by Gasteiger charge is -2.11. The maximum atomic E-state index is 12.7. The Hall–Kier alpha value is -2.99. The third-order valence-corrected chi connectivity index (χ3v) is 4.83. The molecule has 1 aliphatic rings. The van der Waals surface area contributed by atoms with Gasteiger partial charge < -0.3 is 0 Å². The zero-order chi connectivity index (χ0) is 18.6. The monoisotopic (exact) mass is 363 g/mol. The van der Waals surface area contributed by atoms with Crippen LogP contribution in [0.3, 0.4) is 0 Å². The molecule has 0 radical (unpaired) electrons. The minimum Gasteiger partial charge on any atom is -0.296 e. The van der Waals surface area contributed by atoms with Crippen LogP contribution in [0.1, 0.15) is 41.0 Å². The first-order valence-electron chi connectivity index (χ1n) is 9.22. The number of nitrogens with one attached hydrogen (secondary N) is 1. The van der Waals surface area contributed by atoms with Gasteiger partial charge in [0.05, 0.1) is 17.5 Å². The van der Waals surface area contributed by atoms with Crippen molar-refractivity contribution in [3.63, 3.8) is 0 Å². The Morgan fingerprint density at radius 2 is 1.96 bits per heavy atom. The van der Waals surface area contributed by atoms with E-state index < -0.39 is 0 Å². The summed E-state index contributed by atoms with van der Waals surface area (Å²) < 4.78 is 1.78. The Kier molecular flexibility index (Phi) is 4.98. The Morgan fingerprint density at radius 3 is 2.81 bits per heavy atom. The van der Waals surface area contributed by atoms with Crippen molar-refractivity contribution in [2.75, 3.05) is 0 Å². The molecule has 1 N–H and O–H groups in total. The highest BCUT2D eigenvalue weighted by Gasteiger charge is 2.15. The van der Waals surface area contributed by atoms with Gasteiger partial charge in [-0.1, -0.05) is 36.8 Å². The van der Waals surface area contributed by atoms with E-state index in [9.17, 15) is 9.59 Å². The van der Waals surface area contributed by atoms with Crippen LogP contribution in [-0.2, 0) is 24.4 Å². The number of hydrogen-bond donors (Lipinski definition) is 1. The van der Waals surface area contributed by atoms with Crippen LogP contribution in [0.25, 0.3) is 10.9 Å². The summed E-state index contributed by atoms with van der Waals surface area (Å²) in [4.78, 5) is 35.0. The van der Waals surface area contributed by atoms with Gasteiger partial charge in [0, 0.05) is 18.5 Å². The summed E-state index contributed by atoms with van der Waals surface area (Å²) >= 11 is 0. The highest BCUT2D eigenvalue weighted by molar-refractivity contribution is 5.97. The molecule has 1 aliphatic heterocycles. The molecule has 1 amide bonds. The summed E-state index contributed by atoms with van der Waals surface area (Å²) in [6.45, 7) is 1.000. The molecule has 6 heteroatoms. The van der Waals surface area contributed by atoms with Crippen molar-refractivity contribution in [3.8, 4) is 0 Å². The first-order chi connectivity index (χ1) is 13.2. The number of carbonyl (C=O) groups excluding carboxylic acids is 1. The van der Waals surface area contributed by atoms with E-state index in [0.717, 1.165) is 37.1 Å². The van der Waals surface area contributed by atoms with E-state index in [1.54, 1.807) is 22.8 Å². The van der Waals surface area contributed by atoms with Crippen LogP contribution in [0.15, 0.2) is 53.3 Å². The Bertz CT molecular complexity index is 1030. The van der Waals surface area contributed by atoms with Gasteiger partial charge in [0.1, 0.15) is 5.82 Å². The van der Waals surface area contributed by atoms with Gasteiger partial charge in [-0.3, -0.25) is 19.0 Å². The van der Waals surface area contributed by atoms with Gasteiger partial charge in [0.25, 0.3) is 11.5 Å². The standard InChI is InChI=1S/C21H21N3O3/c25-20(23-27-14-15-7-3-1-4-8-15)16-10-11-17-18(13-16)22-19-9-5-2-6-12-24(19)21(17)26/h1,3-4,7-8,10-11,13H,2,5-6,9,12,14H2,(H,23,25). The average molecular weight is 363 g/mol. The van der Waals surface area contributed by atoms with Crippen LogP contribution in [-0.4, -0.2) is 15.5 Å². The quantitative estimate of drug-likeness (QED) is 0.723. The number of benzene rings is 2. The number of nitrogens with zero attached hydrogens (tertiary/aromatic N) is 2. The maximum Gasteiger partial charge on any atom is 0.274 e. The van der Waals surface area contributed by atoms with Gasteiger partial charge in [-0.25, -0.2) is 10.5 Å². The smallest absolute Gasteiger partial charge is 0.274 e. The Balaban J connectivity index is 1.54. The van der Waals surface area contributed by atoms with Crippen molar-refractivity contribution in [2.45, 2.75) is 38.8 Å². The second kappa shape index (κ2) is 7.72. The molecule has 0 atom stereocenters. The lowest BCUT2D eigenvalue weighted by Crippen LogP contribution is -2.26. The molecule has 0 bridgehead atoms. The topological polar surface area (TPSA) is 73.2 Å². The van der Waals surface area contributed by atoms with Crippen LogP contribution < -0.4 is 11.0 Å². The molecule has 27 heavy (non-hydrogen) atoms. The fraction of sp³-hybridized carbons (Fsp3) is 0.286. The molecule has 6 nitrogen and oxygen atoms in total. The number of aromatic nitrogens is 2. The molecule has 0 saturated heterocycles. The second-order valence-corrected chi connectivity index (χ2v) is 6.73. The van der Waals surface area contributed by atoms with Crippen molar-refractivity contribution in [1.29, 1.82) is 0 Å². The predicted molar refractivity (Wildman–Crippen MR) is 102 cm³/mol. The number of amides is 1. The fourth-order valence-electron chi connectivity index (χ4n) is 3.38. The van der Waals surface area contributed by atoms with Gasteiger partial charge in [0.15, 0.2) is 0 Å². The first-order valence-corrected chi connectivity index (χ1v) is 9.22. The molecule has 0 fully saturated rings. The molecule has 3 aromatic rings. The van der Waals surface area contributed by atoms with E-state index in [-0.39, 0.29) is 18.1 Å². The third-order valence-electron chi connectivity index (χ3n) is 4.83. The summed E-state index contributed by atoms with van der Waals surface area (Å²) in [7, 11) is 0. The summed E-state index contributed by atoms with van der Waals surface area (Å²) in [6, 6.07) is 14.6. The van der Waals surface area contributed by atoms with E-state index in [4.69, 9.17) is 4.84 Å². The number of carbonyl (C=O) groups is 1. The number of hydrogen-bond acceptors (Lipinski definition) is 4. The van der Waals surface area contributed by atoms with E-state index in [2.05, 4.69) is 10.5 Å². The van der Waals surface area contributed by atoms with Crippen LogP contribution in [0, 0.1) is 0 Å². The lowest BCUT2D eigenvalue weighted by atomic mass is 10.1. The summed E-state index contributed by atoms with van der Waals surface area (Å²) in [5, 5.41) is 0.544. The number of rotatable bonds is 4. The molecular formula is C21H21N3O3. The molecule has 4 rings (SSSR count). The zero-order valence-electron chi connectivity index (χ0n) is 15.0. The number of aryl methyl sites for hydroxylation is 1. The molecule has 138 valence electrons. The van der Waals surface area contributed by atoms with Crippen molar-refractivity contribution in [1.82, 2.24) is 15.0 Å². The van der Waals surface area contributed by atoms with E-state index >= 15 is 0 Å². The minimum absolute atomic E-state index is 0.0239. The Morgan fingerprint density at radius 1 is 1.11 bits per heavy atom. The maximum absolute atomic E-state index is 12.7. The number of fused-ring (bicyclic) bond motifs is 2. The van der Waals surface area contributed by atoms with Crippen molar-refractivity contribution in [2.24, 2.45) is 0 Å². The first kappa shape index (κ1) is 17.4. The van der Waals surface area contributed by atoms with Gasteiger partial charge in [0.2, 0.25) is 0 Å². The van der Waals surface area contributed by atoms with Crippen LogP contribution in [0.4, 0.5) is 0 Å². The highest BCUT2D eigenvalue weighted by Crippen LogP contribution is 2.16. The molecule has 2 aromatic carbocycles. The molecule has 2 heterocycles. The van der Waals surface area contributed by atoms with Crippen LogP contribution in [0.5, 0.6) is 0 Å². The number of hydroxylamine groups is 1. The lowest BCUT2D eigenvalue weighted by molar-refractivity contribution is 0.0233. The molecule has 0 saturated carbocycles. The largest absolute Gasteiger partial charge is 0.296 e. The normalized spacial score (nSPS) is 13.8. The molecule has 1 aromatic heterocycles. The van der Waals surface area contributed by atoms with Crippen molar-refractivity contribution in [3.05, 3.63) is 75.8 Å².